The molecule has 0 saturated carbocycles. The first-order valence-corrected chi connectivity index (χ1v) is 11.4. The Morgan fingerprint density at radius 1 is 1.16 bits per heavy atom. The van der Waals surface area contributed by atoms with Gasteiger partial charge in [0.25, 0.3) is 0 Å². The third-order valence-corrected chi connectivity index (χ3v) is 5.98. The van der Waals surface area contributed by atoms with Gasteiger partial charge in [-0.25, -0.2) is 0 Å². The van der Waals surface area contributed by atoms with Crippen LogP contribution in [0.5, 0.6) is 5.88 Å². The topological polar surface area (TPSA) is 68.2 Å². The highest BCUT2D eigenvalue weighted by Crippen LogP contribution is 2.43. The number of amides is 1. The Bertz CT molecular complexity index is 1090. The van der Waals surface area contributed by atoms with Gasteiger partial charge in [-0.3, -0.25) is 9.69 Å². The van der Waals surface area contributed by atoms with Crippen LogP contribution in [0.4, 0.5) is 5.69 Å². The van der Waals surface area contributed by atoms with E-state index in [1.807, 2.05) is 55.5 Å². The highest BCUT2D eigenvalue weighted by molar-refractivity contribution is 7.99. The lowest BCUT2D eigenvalue weighted by Crippen LogP contribution is -2.36. The fraction of sp³-hybridized carbons (Fsp3) is 0.333. The molecule has 1 aliphatic heterocycles. The van der Waals surface area contributed by atoms with Crippen molar-refractivity contribution in [3.63, 3.8) is 0 Å². The summed E-state index contributed by atoms with van der Waals surface area (Å²) in [5.41, 5.74) is 4.01. The average molecular weight is 435 g/mol. The van der Waals surface area contributed by atoms with Gasteiger partial charge in [0.15, 0.2) is 5.69 Å². The molecule has 160 valence electrons. The van der Waals surface area contributed by atoms with Crippen LogP contribution in [0.2, 0.25) is 0 Å². The Morgan fingerprint density at radius 2 is 1.94 bits per heavy atom. The Balaban J connectivity index is 1.84. The molecule has 0 bridgehead atoms. The molecule has 0 aliphatic carbocycles. The van der Waals surface area contributed by atoms with E-state index in [1.165, 1.54) is 0 Å². The van der Waals surface area contributed by atoms with Gasteiger partial charge in [-0.2, -0.15) is 4.98 Å². The van der Waals surface area contributed by atoms with Gasteiger partial charge in [0.05, 0.1) is 5.69 Å². The first-order chi connectivity index (χ1) is 14.9. The summed E-state index contributed by atoms with van der Waals surface area (Å²) < 4.78 is 6.39. The molecule has 2 aromatic carbocycles. The Labute approximate surface area is 187 Å². The van der Waals surface area contributed by atoms with Gasteiger partial charge in [0, 0.05) is 23.8 Å². The Hall–Kier alpha value is -2.93. The van der Waals surface area contributed by atoms with Crippen LogP contribution < -0.4 is 9.64 Å². The zero-order chi connectivity index (χ0) is 22.0. The molecule has 0 N–H and O–H groups in total. The largest absolute Gasteiger partial charge is 0.447 e. The third kappa shape index (κ3) is 4.56. The van der Waals surface area contributed by atoms with Crippen LogP contribution >= 0.6 is 11.8 Å². The number of fused-ring (bicyclic) bond motifs is 3. The maximum atomic E-state index is 12.8. The lowest BCUT2D eigenvalue weighted by Gasteiger charge is -2.30. The highest BCUT2D eigenvalue weighted by Gasteiger charge is 2.34. The van der Waals surface area contributed by atoms with Crippen molar-refractivity contribution in [1.82, 2.24) is 15.2 Å². The third-order valence-electron chi connectivity index (χ3n) is 5.11. The molecule has 1 unspecified atom stereocenters. The molecule has 1 aliphatic rings. The lowest BCUT2D eigenvalue weighted by molar-refractivity contribution is -0.118. The van der Waals surface area contributed by atoms with Gasteiger partial charge in [-0.15, -0.1) is 10.2 Å². The summed E-state index contributed by atoms with van der Waals surface area (Å²) in [6.07, 6.45) is 0.422. The van der Waals surface area contributed by atoms with Gasteiger partial charge >= 0.3 is 0 Å². The number of rotatable bonds is 5. The van der Waals surface area contributed by atoms with Crippen molar-refractivity contribution < 1.29 is 9.53 Å². The van der Waals surface area contributed by atoms with E-state index in [1.54, 1.807) is 23.6 Å². The first-order valence-electron chi connectivity index (χ1n) is 10.4. The quantitative estimate of drug-likeness (QED) is 0.499. The van der Waals surface area contributed by atoms with E-state index in [4.69, 9.17) is 9.72 Å². The maximum Gasteiger partial charge on any atom is 0.247 e. The van der Waals surface area contributed by atoms with Crippen LogP contribution in [0.15, 0.2) is 53.7 Å². The van der Waals surface area contributed by atoms with E-state index in [0.717, 1.165) is 34.6 Å². The van der Waals surface area contributed by atoms with Crippen LogP contribution in [0.25, 0.3) is 11.3 Å². The Kier molecular flexibility index (Phi) is 6.23. The van der Waals surface area contributed by atoms with Crippen molar-refractivity contribution in [3.05, 3.63) is 59.7 Å². The number of nitrogens with zero attached hydrogens (tertiary/aromatic N) is 4. The molecular formula is C24H26N4O2S. The summed E-state index contributed by atoms with van der Waals surface area (Å²) in [4.78, 5) is 19.2. The fourth-order valence-electron chi connectivity index (χ4n) is 3.50. The molecule has 3 aromatic rings. The molecule has 0 spiro atoms. The number of anilines is 1. The van der Waals surface area contributed by atoms with Crippen LogP contribution in [0.1, 0.15) is 44.5 Å². The van der Waals surface area contributed by atoms with E-state index in [9.17, 15) is 4.79 Å². The van der Waals surface area contributed by atoms with E-state index in [-0.39, 0.29) is 5.91 Å². The molecule has 1 atom stereocenters. The normalized spacial score (nSPS) is 15.1. The molecule has 4 rings (SSSR count). The summed E-state index contributed by atoms with van der Waals surface area (Å²) in [6, 6.07) is 15.6. The minimum absolute atomic E-state index is 0.119. The zero-order valence-corrected chi connectivity index (χ0v) is 19.0. The average Bonchev–Trinajstić information content (AvgIpc) is 2.88. The number of benzene rings is 2. The van der Waals surface area contributed by atoms with Gasteiger partial charge in [-0.05, 0) is 31.4 Å². The number of thioether (sulfide) groups is 1. The van der Waals surface area contributed by atoms with Crippen molar-refractivity contribution in [3.8, 4) is 17.1 Å². The number of aromatic nitrogens is 3. The number of hydrogen-bond donors (Lipinski definition) is 0. The smallest absolute Gasteiger partial charge is 0.247 e. The van der Waals surface area contributed by atoms with E-state index < -0.39 is 6.23 Å². The number of carbonyl (C=O) groups is 1. The second-order valence-corrected chi connectivity index (χ2v) is 9.13. The van der Waals surface area contributed by atoms with E-state index >= 15 is 0 Å². The van der Waals surface area contributed by atoms with Gasteiger partial charge in [0.1, 0.15) is 0 Å². The molecule has 2 heterocycles. The highest BCUT2D eigenvalue weighted by atomic mass is 32.2. The maximum absolute atomic E-state index is 12.8. The van der Waals surface area contributed by atoms with Crippen molar-refractivity contribution in [2.45, 2.75) is 45.5 Å². The monoisotopic (exact) mass is 434 g/mol. The Morgan fingerprint density at radius 3 is 2.65 bits per heavy atom. The molecule has 31 heavy (non-hydrogen) atoms. The van der Waals surface area contributed by atoms with Crippen molar-refractivity contribution in [1.29, 1.82) is 0 Å². The van der Waals surface area contributed by atoms with Gasteiger partial charge in [0.2, 0.25) is 23.2 Å². The molecule has 0 fully saturated rings. The molecule has 0 radical (unpaired) electrons. The second-order valence-electron chi connectivity index (χ2n) is 8.07. The summed E-state index contributed by atoms with van der Waals surface area (Å²) in [6.45, 7) is 7.94. The number of hydrogen-bond acceptors (Lipinski definition) is 6. The van der Waals surface area contributed by atoms with Crippen LogP contribution in [-0.4, -0.2) is 26.8 Å². The SMILES string of the molecule is CC(=O)N1c2ccc(C)cc2-c2nnc(SCCC(C)C)nc2OC1c1ccccc1. The van der Waals surface area contributed by atoms with Gasteiger partial charge < -0.3 is 4.74 Å². The fourth-order valence-corrected chi connectivity index (χ4v) is 4.52. The first kappa shape index (κ1) is 21.3. The van der Waals surface area contributed by atoms with Crippen molar-refractivity contribution in [2.75, 3.05) is 10.7 Å². The summed E-state index contributed by atoms with van der Waals surface area (Å²) >= 11 is 1.57. The molecule has 0 saturated heterocycles. The van der Waals surface area contributed by atoms with Crippen molar-refractivity contribution >= 4 is 23.4 Å². The predicted octanol–water partition coefficient (Wildman–Crippen LogP) is 5.43. The molecule has 1 amide bonds. The van der Waals surface area contributed by atoms with Gasteiger partial charge in [-0.1, -0.05) is 67.6 Å². The predicted molar refractivity (Wildman–Crippen MR) is 123 cm³/mol. The lowest BCUT2D eigenvalue weighted by atomic mass is 10.0. The summed E-state index contributed by atoms with van der Waals surface area (Å²) in [5.74, 6) is 1.80. The molecule has 7 heteroatoms. The zero-order valence-electron chi connectivity index (χ0n) is 18.2. The molecule has 6 nitrogen and oxygen atoms in total. The van der Waals surface area contributed by atoms with E-state index in [2.05, 4.69) is 24.0 Å². The minimum Gasteiger partial charge on any atom is -0.447 e. The minimum atomic E-state index is -0.647. The van der Waals surface area contributed by atoms with Crippen LogP contribution in [0, 0.1) is 12.8 Å². The summed E-state index contributed by atoms with van der Waals surface area (Å²) in [5, 5.41) is 9.41. The summed E-state index contributed by atoms with van der Waals surface area (Å²) in [7, 11) is 0. The van der Waals surface area contributed by atoms with Crippen LogP contribution in [-0.2, 0) is 4.79 Å². The van der Waals surface area contributed by atoms with Crippen molar-refractivity contribution in [2.24, 2.45) is 5.92 Å². The van der Waals surface area contributed by atoms with E-state index in [0.29, 0.717) is 22.6 Å². The number of ether oxygens (including phenoxy) is 1. The molecular weight excluding hydrogens is 408 g/mol. The second kappa shape index (κ2) is 9.06. The standard InChI is InChI=1S/C24H26N4O2S/c1-15(2)12-13-31-24-25-22-21(26-27-24)19-14-16(3)10-11-20(19)28(17(4)29)23(30-22)18-8-6-5-7-9-18/h5-11,14-15,23H,12-13H2,1-4H3. The number of aryl methyl sites for hydroxylation is 1. The number of carbonyl (C=O) groups excluding carboxylic acids is 1. The van der Waals surface area contributed by atoms with Crippen LogP contribution in [0.3, 0.4) is 0 Å². The molecule has 1 aromatic heterocycles.